The standard InChI is InChI=1S/C28H48N2O4/c1-24(2)16-20(17-25(3,4)29-24)28(23(33)34,15-13-11-9-10-12-14-22(31)32)21-18-26(5,6)30-27(7,8)19-21/h16,18,29-30H,9-15,17,19H2,1-8H3,(H,31,32)(H,33,34)/p-2. The van der Waals surface area contributed by atoms with E-state index in [0.717, 1.165) is 36.8 Å². The normalized spacial score (nSPS) is 23.1. The zero-order valence-electron chi connectivity index (χ0n) is 22.7. The molecular weight excluding hydrogens is 428 g/mol. The van der Waals surface area contributed by atoms with E-state index in [1.807, 2.05) is 0 Å². The number of nitrogens with one attached hydrogen (secondary N) is 2. The van der Waals surface area contributed by atoms with Crippen molar-refractivity contribution in [2.45, 2.75) is 135 Å². The molecule has 0 radical (unpaired) electrons. The highest BCUT2D eigenvalue weighted by Crippen LogP contribution is 2.50. The Hall–Kier alpha value is -1.66. The third kappa shape index (κ3) is 7.42. The fraction of sp³-hybridized carbons (Fsp3) is 0.786. The van der Waals surface area contributed by atoms with Crippen LogP contribution in [0.3, 0.4) is 0 Å². The summed E-state index contributed by atoms with van der Waals surface area (Å²) in [6.07, 6.45) is 10.00. The van der Waals surface area contributed by atoms with E-state index < -0.39 is 17.4 Å². The summed E-state index contributed by atoms with van der Waals surface area (Å²) >= 11 is 0. The molecule has 6 heteroatoms. The summed E-state index contributed by atoms with van der Waals surface area (Å²) in [5.41, 5.74) is -0.411. The average Bonchev–Trinajstić information content (AvgIpc) is 2.58. The summed E-state index contributed by atoms with van der Waals surface area (Å²) in [5, 5.41) is 31.1. The Morgan fingerprint density at radius 2 is 1.18 bits per heavy atom. The predicted molar refractivity (Wildman–Crippen MR) is 133 cm³/mol. The monoisotopic (exact) mass is 474 g/mol. The smallest absolute Gasteiger partial charge is 0.0557 e. The van der Waals surface area contributed by atoms with Crippen molar-refractivity contribution >= 4 is 11.9 Å². The number of carbonyl (C=O) groups is 2. The molecular formula is C28H46N2O4-2. The summed E-state index contributed by atoms with van der Waals surface area (Å²) in [6, 6.07) is 0. The lowest BCUT2D eigenvalue weighted by atomic mass is 9.61. The molecule has 0 spiro atoms. The molecule has 0 bridgehead atoms. The molecule has 2 aliphatic heterocycles. The van der Waals surface area contributed by atoms with Gasteiger partial charge in [0.1, 0.15) is 0 Å². The summed E-state index contributed by atoms with van der Waals surface area (Å²) in [7, 11) is 0. The lowest BCUT2D eigenvalue weighted by Crippen LogP contribution is -2.60. The van der Waals surface area contributed by atoms with Crippen LogP contribution in [0.5, 0.6) is 0 Å². The average molecular weight is 475 g/mol. The molecule has 0 aromatic heterocycles. The zero-order chi connectivity index (χ0) is 26.0. The van der Waals surface area contributed by atoms with Crippen LogP contribution in [0.4, 0.5) is 0 Å². The van der Waals surface area contributed by atoms with Crippen molar-refractivity contribution in [3.05, 3.63) is 23.3 Å². The minimum atomic E-state index is -1.15. The van der Waals surface area contributed by atoms with Gasteiger partial charge >= 0.3 is 0 Å². The van der Waals surface area contributed by atoms with Gasteiger partial charge in [0.05, 0.1) is 11.4 Å². The highest BCUT2D eigenvalue weighted by molar-refractivity contribution is 5.82. The molecule has 2 heterocycles. The second-order valence-electron chi connectivity index (χ2n) is 13.0. The van der Waals surface area contributed by atoms with Crippen LogP contribution in [-0.4, -0.2) is 34.1 Å². The topological polar surface area (TPSA) is 104 Å². The third-order valence-electron chi connectivity index (χ3n) is 7.03. The van der Waals surface area contributed by atoms with Gasteiger partial charge in [-0.15, -0.1) is 0 Å². The largest absolute Gasteiger partial charge is 0.550 e. The Bertz CT molecular complexity index is 787. The van der Waals surface area contributed by atoms with Crippen molar-refractivity contribution in [2.24, 2.45) is 5.41 Å². The van der Waals surface area contributed by atoms with Crippen LogP contribution in [0.15, 0.2) is 23.3 Å². The van der Waals surface area contributed by atoms with Gasteiger partial charge in [-0.05, 0) is 87.5 Å². The fourth-order valence-electron chi connectivity index (χ4n) is 6.46. The molecule has 0 fully saturated rings. The van der Waals surface area contributed by atoms with Crippen molar-refractivity contribution in [1.29, 1.82) is 0 Å². The van der Waals surface area contributed by atoms with Crippen LogP contribution in [-0.2, 0) is 9.59 Å². The first kappa shape index (κ1) is 28.6. The van der Waals surface area contributed by atoms with Crippen molar-refractivity contribution in [3.8, 4) is 0 Å². The fourth-order valence-corrected chi connectivity index (χ4v) is 6.46. The molecule has 0 saturated carbocycles. The maximum atomic E-state index is 13.2. The van der Waals surface area contributed by atoms with Gasteiger partial charge in [-0.3, -0.25) is 0 Å². The molecule has 2 aliphatic rings. The number of hydrogen-bond acceptors (Lipinski definition) is 6. The van der Waals surface area contributed by atoms with Crippen LogP contribution in [0.1, 0.15) is 113 Å². The van der Waals surface area contributed by atoms with Gasteiger partial charge in [0.2, 0.25) is 0 Å². The zero-order valence-corrected chi connectivity index (χ0v) is 22.7. The molecule has 34 heavy (non-hydrogen) atoms. The number of unbranched alkanes of at least 4 members (excludes halogenated alkanes) is 4. The predicted octanol–water partition coefficient (Wildman–Crippen LogP) is 3.16. The van der Waals surface area contributed by atoms with E-state index in [-0.39, 0.29) is 28.6 Å². The van der Waals surface area contributed by atoms with E-state index in [2.05, 4.69) is 78.2 Å². The first-order valence-corrected chi connectivity index (χ1v) is 12.8. The molecule has 6 nitrogen and oxygen atoms in total. The molecule has 0 aromatic rings. The Morgan fingerprint density at radius 3 is 1.56 bits per heavy atom. The molecule has 0 aromatic carbocycles. The number of hydrogen-bond donors (Lipinski definition) is 2. The number of rotatable bonds is 11. The van der Waals surface area contributed by atoms with E-state index in [1.165, 1.54) is 0 Å². The molecule has 194 valence electrons. The third-order valence-corrected chi connectivity index (χ3v) is 7.03. The Labute approximate surface area is 206 Å². The number of carboxylic acids is 2. The first-order valence-electron chi connectivity index (χ1n) is 12.8. The Kier molecular flexibility index (Phi) is 8.52. The van der Waals surface area contributed by atoms with E-state index in [0.29, 0.717) is 25.7 Å². The minimum absolute atomic E-state index is 0.0804. The lowest BCUT2D eigenvalue weighted by molar-refractivity contribution is -0.316. The van der Waals surface area contributed by atoms with Gasteiger partial charge < -0.3 is 30.4 Å². The maximum absolute atomic E-state index is 13.2. The van der Waals surface area contributed by atoms with E-state index in [9.17, 15) is 19.8 Å². The van der Waals surface area contributed by atoms with Crippen molar-refractivity contribution < 1.29 is 19.8 Å². The van der Waals surface area contributed by atoms with Crippen LogP contribution >= 0.6 is 0 Å². The van der Waals surface area contributed by atoms with E-state index in [4.69, 9.17) is 0 Å². The van der Waals surface area contributed by atoms with Crippen LogP contribution in [0, 0.1) is 5.41 Å². The van der Waals surface area contributed by atoms with Crippen LogP contribution in [0.2, 0.25) is 0 Å². The summed E-state index contributed by atoms with van der Waals surface area (Å²) in [5.74, 6) is -2.02. The number of carboxylic acid groups (broad SMARTS) is 2. The molecule has 2 N–H and O–H groups in total. The van der Waals surface area contributed by atoms with Crippen molar-refractivity contribution in [2.75, 3.05) is 0 Å². The van der Waals surface area contributed by atoms with Crippen LogP contribution in [0.25, 0.3) is 0 Å². The quantitative estimate of drug-likeness (QED) is 0.352. The second-order valence-corrected chi connectivity index (χ2v) is 13.0. The van der Waals surface area contributed by atoms with E-state index in [1.54, 1.807) is 0 Å². The summed E-state index contributed by atoms with van der Waals surface area (Å²) in [6.45, 7) is 16.9. The van der Waals surface area contributed by atoms with Gasteiger partial charge in [0, 0.05) is 28.1 Å². The first-order chi connectivity index (χ1) is 15.4. The summed E-state index contributed by atoms with van der Waals surface area (Å²) in [4.78, 5) is 23.8. The minimum Gasteiger partial charge on any atom is -0.550 e. The van der Waals surface area contributed by atoms with E-state index >= 15 is 0 Å². The maximum Gasteiger partial charge on any atom is 0.0557 e. The SMILES string of the molecule is CC1(C)C=C(C(CCCCCCCC(=O)[O-])(C(=O)[O-])C2=CC(C)(C)NC(C)(C)C2)CC(C)(C)N1. The number of aliphatic carboxylic acids is 2. The Morgan fingerprint density at radius 1 is 0.765 bits per heavy atom. The number of carbonyl (C=O) groups excluding carboxylic acids is 2. The molecule has 0 unspecified atom stereocenters. The molecule has 2 rings (SSSR count). The summed E-state index contributed by atoms with van der Waals surface area (Å²) < 4.78 is 0. The Balaban J connectivity index is 2.45. The molecule has 0 atom stereocenters. The van der Waals surface area contributed by atoms with Crippen molar-refractivity contribution in [1.82, 2.24) is 10.6 Å². The van der Waals surface area contributed by atoms with Crippen molar-refractivity contribution in [3.63, 3.8) is 0 Å². The molecule has 0 amide bonds. The lowest BCUT2D eigenvalue weighted by Gasteiger charge is -2.52. The highest BCUT2D eigenvalue weighted by Gasteiger charge is 2.48. The van der Waals surface area contributed by atoms with Gasteiger partial charge in [-0.25, -0.2) is 0 Å². The molecule has 0 saturated heterocycles. The second kappa shape index (κ2) is 10.1. The van der Waals surface area contributed by atoms with Gasteiger partial charge in [0.25, 0.3) is 0 Å². The highest BCUT2D eigenvalue weighted by atomic mass is 16.4. The van der Waals surface area contributed by atoms with Gasteiger partial charge in [-0.2, -0.15) is 0 Å². The van der Waals surface area contributed by atoms with Crippen LogP contribution < -0.4 is 20.8 Å². The van der Waals surface area contributed by atoms with Gasteiger partial charge in [0.15, 0.2) is 0 Å². The van der Waals surface area contributed by atoms with Gasteiger partial charge in [-0.1, -0.05) is 49.0 Å². The molecule has 0 aliphatic carbocycles.